The maximum atomic E-state index is 6.07. The smallest absolute Gasteiger partial charge is 0.113 e. The fourth-order valence-electron chi connectivity index (χ4n) is 5.11. The van der Waals surface area contributed by atoms with Crippen molar-refractivity contribution in [3.63, 3.8) is 0 Å². The summed E-state index contributed by atoms with van der Waals surface area (Å²) in [6.07, 6.45) is 27.4. The van der Waals surface area contributed by atoms with Crippen LogP contribution < -0.4 is 0 Å². The molecule has 2 radical (unpaired) electrons. The molecule has 34 heavy (non-hydrogen) atoms. The minimum Gasteiger partial charge on any atom is -0.382 e. The topological polar surface area (TPSA) is 36.9 Å². The molecule has 5 heteroatoms. The van der Waals surface area contributed by atoms with E-state index in [0.29, 0.717) is 6.61 Å². The highest BCUT2D eigenvalue weighted by molar-refractivity contribution is 6.11. The van der Waals surface area contributed by atoms with Crippen LogP contribution in [0.25, 0.3) is 0 Å². The molecule has 200 valence electrons. The van der Waals surface area contributed by atoms with Gasteiger partial charge < -0.3 is 18.9 Å². The van der Waals surface area contributed by atoms with Gasteiger partial charge in [-0.2, -0.15) is 0 Å². The van der Waals surface area contributed by atoms with Crippen LogP contribution in [0, 0.1) is 0 Å². The maximum absolute atomic E-state index is 6.07. The Morgan fingerprint density at radius 2 is 1.00 bits per heavy atom. The summed E-state index contributed by atoms with van der Waals surface area (Å²) in [7, 11) is 9.42. The van der Waals surface area contributed by atoms with Crippen molar-refractivity contribution in [3.8, 4) is 0 Å². The molecule has 4 nitrogen and oxygen atoms in total. The molecule has 1 aliphatic heterocycles. The predicted octanol–water partition coefficient (Wildman–Crippen LogP) is 7.75. The van der Waals surface area contributed by atoms with Gasteiger partial charge in [-0.1, -0.05) is 129 Å². The van der Waals surface area contributed by atoms with Gasteiger partial charge in [-0.05, 0) is 6.42 Å². The molecule has 0 saturated carbocycles. The van der Waals surface area contributed by atoms with E-state index in [2.05, 4.69) is 6.92 Å². The predicted molar refractivity (Wildman–Crippen MR) is 145 cm³/mol. The summed E-state index contributed by atoms with van der Waals surface area (Å²) in [5, 5.41) is 0. The van der Waals surface area contributed by atoms with Crippen molar-refractivity contribution >= 4 is 7.85 Å². The molecule has 4 unspecified atom stereocenters. The normalized spacial score (nSPS) is 22.6. The van der Waals surface area contributed by atoms with E-state index in [1.54, 1.807) is 14.2 Å². The highest BCUT2D eigenvalue weighted by atomic mass is 16.6. The third-order valence-electron chi connectivity index (χ3n) is 7.26. The Balaban J connectivity index is 1.79. The molecule has 1 rings (SSSR count). The Labute approximate surface area is 214 Å². The molecular formula is C29H57BO4. The van der Waals surface area contributed by atoms with Gasteiger partial charge in [0.25, 0.3) is 0 Å². The van der Waals surface area contributed by atoms with E-state index in [9.17, 15) is 0 Å². The van der Waals surface area contributed by atoms with Crippen LogP contribution in [0.4, 0.5) is 0 Å². The molecule has 1 saturated heterocycles. The van der Waals surface area contributed by atoms with Crippen molar-refractivity contribution in [1.82, 2.24) is 0 Å². The average Bonchev–Trinajstić information content (AvgIpc) is 3.14. The van der Waals surface area contributed by atoms with E-state index in [1.807, 2.05) is 0 Å². The van der Waals surface area contributed by atoms with E-state index >= 15 is 0 Å². The lowest BCUT2D eigenvalue weighted by Crippen LogP contribution is -2.38. The zero-order valence-electron chi connectivity index (χ0n) is 23.1. The second-order valence-corrected chi connectivity index (χ2v) is 10.3. The average molecular weight is 481 g/mol. The van der Waals surface area contributed by atoms with Crippen LogP contribution in [-0.2, 0) is 18.9 Å². The minimum atomic E-state index is -0.435. The second-order valence-electron chi connectivity index (χ2n) is 10.3. The van der Waals surface area contributed by atoms with Gasteiger partial charge in [0.1, 0.15) is 26.2 Å². The van der Waals surface area contributed by atoms with Gasteiger partial charge in [-0.3, -0.25) is 0 Å². The van der Waals surface area contributed by atoms with Crippen LogP contribution in [0.3, 0.4) is 0 Å². The first-order valence-corrected chi connectivity index (χ1v) is 14.8. The lowest BCUT2D eigenvalue weighted by atomic mass is 9.92. The van der Waals surface area contributed by atoms with Crippen molar-refractivity contribution in [2.75, 3.05) is 27.4 Å². The number of rotatable bonds is 25. The van der Waals surface area contributed by atoms with Crippen molar-refractivity contribution in [1.29, 1.82) is 0 Å². The lowest BCUT2D eigenvalue weighted by molar-refractivity contribution is -0.0562. The zero-order valence-corrected chi connectivity index (χ0v) is 23.1. The highest BCUT2D eigenvalue weighted by Crippen LogP contribution is 2.25. The van der Waals surface area contributed by atoms with Gasteiger partial charge in [-0.15, -0.1) is 0 Å². The standard InChI is InChI=1S/C29H57BO4/c1-4-5-6-7-8-9-10-11-12-13-14-15-16-17-18-19-20-21-22-23-24-33-28-27(32-3)26(25-31-2)34-29(28)30/h26-29H,4-25H2,1-3H3. The van der Waals surface area contributed by atoms with Gasteiger partial charge in [0.05, 0.1) is 6.61 Å². The van der Waals surface area contributed by atoms with Crippen molar-refractivity contribution in [2.45, 2.75) is 160 Å². The third-order valence-corrected chi connectivity index (χ3v) is 7.26. The molecule has 0 aromatic carbocycles. The first-order valence-electron chi connectivity index (χ1n) is 14.8. The molecule has 0 aromatic rings. The molecule has 1 aliphatic rings. The first-order chi connectivity index (χ1) is 16.7. The third kappa shape index (κ3) is 15.8. The Kier molecular flexibility index (Phi) is 21.9. The van der Waals surface area contributed by atoms with E-state index in [0.717, 1.165) is 13.0 Å². The van der Waals surface area contributed by atoms with Crippen LogP contribution in [-0.4, -0.2) is 59.6 Å². The Morgan fingerprint density at radius 1 is 0.588 bits per heavy atom. The van der Waals surface area contributed by atoms with Crippen LogP contribution >= 0.6 is 0 Å². The number of methoxy groups -OCH3 is 2. The first kappa shape index (κ1) is 31.9. The van der Waals surface area contributed by atoms with Crippen molar-refractivity contribution in [2.24, 2.45) is 0 Å². The molecule has 1 fully saturated rings. The fraction of sp³-hybridized carbons (Fsp3) is 1.00. The quantitative estimate of drug-likeness (QED) is 0.0989. The zero-order chi connectivity index (χ0) is 24.7. The molecule has 0 bridgehead atoms. The monoisotopic (exact) mass is 480 g/mol. The van der Waals surface area contributed by atoms with Crippen LogP contribution in [0.15, 0.2) is 0 Å². The number of ether oxygens (including phenoxy) is 4. The molecule has 0 spiro atoms. The molecule has 4 atom stereocenters. The van der Waals surface area contributed by atoms with Gasteiger partial charge in [0, 0.05) is 26.8 Å². The summed E-state index contributed by atoms with van der Waals surface area (Å²) in [5.41, 5.74) is 0. The second kappa shape index (κ2) is 23.3. The van der Waals surface area contributed by atoms with Gasteiger partial charge in [0.2, 0.25) is 0 Å². The largest absolute Gasteiger partial charge is 0.382 e. The molecule has 0 aliphatic carbocycles. The maximum Gasteiger partial charge on any atom is 0.113 e. The Hall–Kier alpha value is -0.0951. The summed E-state index contributed by atoms with van der Waals surface area (Å²) in [6, 6.07) is -0.435. The van der Waals surface area contributed by atoms with Gasteiger partial charge in [-0.25, -0.2) is 0 Å². The lowest BCUT2D eigenvalue weighted by Gasteiger charge is -2.22. The van der Waals surface area contributed by atoms with Crippen molar-refractivity contribution in [3.05, 3.63) is 0 Å². The van der Waals surface area contributed by atoms with E-state index in [1.165, 1.54) is 122 Å². The molecule has 0 amide bonds. The Bertz CT molecular complexity index is 423. The van der Waals surface area contributed by atoms with E-state index in [4.69, 9.17) is 26.8 Å². The molecule has 1 heterocycles. The molecule has 0 N–H and O–H groups in total. The van der Waals surface area contributed by atoms with Crippen LogP contribution in [0.5, 0.6) is 0 Å². The van der Waals surface area contributed by atoms with Crippen molar-refractivity contribution < 1.29 is 18.9 Å². The summed E-state index contributed by atoms with van der Waals surface area (Å²) in [6.45, 7) is 3.49. The van der Waals surface area contributed by atoms with E-state index < -0.39 is 6.00 Å². The number of unbranched alkanes of at least 4 members (excludes halogenated alkanes) is 19. The van der Waals surface area contributed by atoms with Gasteiger partial charge in [0.15, 0.2) is 0 Å². The summed E-state index contributed by atoms with van der Waals surface area (Å²) in [5.74, 6) is 0. The summed E-state index contributed by atoms with van der Waals surface area (Å²) < 4.78 is 22.5. The molecular weight excluding hydrogens is 423 g/mol. The van der Waals surface area contributed by atoms with Crippen LogP contribution in [0.2, 0.25) is 0 Å². The van der Waals surface area contributed by atoms with Crippen LogP contribution in [0.1, 0.15) is 135 Å². The minimum absolute atomic E-state index is 0.148. The number of hydrogen-bond donors (Lipinski definition) is 0. The Morgan fingerprint density at radius 3 is 1.38 bits per heavy atom. The van der Waals surface area contributed by atoms with E-state index in [-0.39, 0.29) is 18.3 Å². The van der Waals surface area contributed by atoms with Gasteiger partial charge >= 0.3 is 0 Å². The highest BCUT2D eigenvalue weighted by Gasteiger charge is 2.42. The fourth-order valence-corrected chi connectivity index (χ4v) is 5.11. The number of hydrogen-bond acceptors (Lipinski definition) is 4. The SMILES string of the molecule is [B]C1OC(COC)C(OC)C1OCCCCCCCCCCCCCCCCCCCCCC. The molecule has 0 aromatic heterocycles. The summed E-state index contributed by atoms with van der Waals surface area (Å²) in [4.78, 5) is 0. The summed E-state index contributed by atoms with van der Waals surface area (Å²) >= 11 is 0.